The molecular formula is C28H26Cl2F2N2O3. The van der Waals surface area contributed by atoms with Crippen molar-refractivity contribution in [3.05, 3.63) is 105 Å². The van der Waals surface area contributed by atoms with Gasteiger partial charge in [0.25, 0.3) is 5.91 Å². The van der Waals surface area contributed by atoms with Crippen molar-refractivity contribution >= 4 is 35.0 Å². The van der Waals surface area contributed by atoms with Crippen molar-refractivity contribution in [3.63, 3.8) is 0 Å². The van der Waals surface area contributed by atoms with Crippen LogP contribution in [0.3, 0.4) is 0 Å². The second kappa shape index (κ2) is 11.6. The molecule has 3 aromatic rings. The van der Waals surface area contributed by atoms with E-state index in [9.17, 15) is 18.4 Å². The van der Waals surface area contributed by atoms with Crippen molar-refractivity contribution < 1.29 is 23.1 Å². The van der Waals surface area contributed by atoms with Crippen LogP contribution in [0.1, 0.15) is 48.6 Å². The van der Waals surface area contributed by atoms with E-state index in [1.54, 1.807) is 42.5 Å². The van der Waals surface area contributed by atoms with Crippen LogP contribution < -0.4 is 5.73 Å². The van der Waals surface area contributed by atoms with Gasteiger partial charge < -0.3 is 15.4 Å². The maximum absolute atomic E-state index is 14.6. The van der Waals surface area contributed by atoms with Gasteiger partial charge in [0.2, 0.25) is 5.91 Å². The van der Waals surface area contributed by atoms with Crippen LogP contribution in [0.2, 0.25) is 10.0 Å². The first-order chi connectivity index (χ1) is 17.7. The van der Waals surface area contributed by atoms with Crippen LogP contribution in [0.25, 0.3) is 0 Å². The first-order valence-corrected chi connectivity index (χ1v) is 12.7. The van der Waals surface area contributed by atoms with Gasteiger partial charge in [-0.2, -0.15) is 0 Å². The van der Waals surface area contributed by atoms with E-state index in [1.807, 2.05) is 6.92 Å². The van der Waals surface area contributed by atoms with Gasteiger partial charge in [0.1, 0.15) is 29.9 Å². The summed E-state index contributed by atoms with van der Waals surface area (Å²) in [5.74, 6) is -2.14. The molecule has 194 valence electrons. The molecule has 0 aliphatic carbocycles. The summed E-state index contributed by atoms with van der Waals surface area (Å²) < 4.78 is 34.4. The van der Waals surface area contributed by atoms with Gasteiger partial charge in [-0.1, -0.05) is 66.9 Å². The molecule has 0 saturated carbocycles. The Kier molecular flexibility index (Phi) is 8.47. The lowest BCUT2D eigenvalue weighted by molar-refractivity contribution is -0.181. The minimum atomic E-state index is -1.03. The van der Waals surface area contributed by atoms with E-state index < -0.39 is 47.7 Å². The van der Waals surface area contributed by atoms with Gasteiger partial charge in [-0.05, 0) is 59.5 Å². The normalized spacial score (nSPS) is 20.6. The van der Waals surface area contributed by atoms with Crippen molar-refractivity contribution in [2.24, 2.45) is 5.73 Å². The van der Waals surface area contributed by atoms with Crippen LogP contribution >= 0.6 is 23.2 Å². The highest BCUT2D eigenvalue weighted by molar-refractivity contribution is 6.30. The Balaban J connectivity index is 1.87. The molecule has 2 N–H and O–H groups in total. The van der Waals surface area contributed by atoms with Crippen molar-refractivity contribution in [2.45, 2.75) is 50.5 Å². The molecule has 1 aliphatic heterocycles. The van der Waals surface area contributed by atoms with Gasteiger partial charge in [0.05, 0.1) is 11.1 Å². The minimum Gasteiger partial charge on any atom is -0.368 e. The monoisotopic (exact) mass is 546 g/mol. The third-order valence-corrected chi connectivity index (χ3v) is 7.03. The van der Waals surface area contributed by atoms with E-state index in [4.69, 9.17) is 33.7 Å². The lowest BCUT2D eigenvalue weighted by atomic mass is 9.88. The third kappa shape index (κ3) is 5.95. The molecule has 3 aromatic carbocycles. The molecule has 5 nitrogen and oxygen atoms in total. The Morgan fingerprint density at radius 2 is 1.68 bits per heavy atom. The summed E-state index contributed by atoms with van der Waals surface area (Å²) in [6, 6.07) is 15.1. The molecule has 1 fully saturated rings. The first kappa shape index (κ1) is 27.0. The van der Waals surface area contributed by atoms with Crippen LogP contribution in [0.15, 0.2) is 66.7 Å². The van der Waals surface area contributed by atoms with Crippen LogP contribution in [0.4, 0.5) is 8.78 Å². The predicted molar refractivity (Wildman–Crippen MR) is 138 cm³/mol. The Labute approximate surface area is 224 Å². The zero-order chi connectivity index (χ0) is 26.7. The van der Waals surface area contributed by atoms with E-state index in [0.717, 1.165) is 0 Å². The Bertz CT molecular complexity index is 1270. The molecule has 0 radical (unpaired) electrons. The molecule has 0 bridgehead atoms. The van der Waals surface area contributed by atoms with Crippen molar-refractivity contribution in [1.82, 2.24) is 4.90 Å². The van der Waals surface area contributed by atoms with Gasteiger partial charge in [-0.15, -0.1) is 0 Å². The summed E-state index contributed by atoms with van der Waals surface area (Å²) in [6.45, 7) is 1.89. The standard InChI is InChI=1S/C28H26Cl2F2N2O3/c1-2-3-23(27(33)35)34-25(17-6-9-19(29)10-7-17)26(18-8-13-21(30)22(32)15-18)37-24(28(34)36)14-16-4-11-20(31)12-5-16/h4-13,15,23-26H,2-3,14H2,1H3,(H2,33,35)/t23?,24-,25+,26-/m1/s1. The maximum atomic E-state index is 14.6. The summed E-state index contributed by atoms with van der Waals surface area (Å²) in [6.07, 6.45) is -0.858. The fourth-order valence-corrected chi connectivity index (χ4v) is 4.96. The highest BCUT2D eigenvalue weighted by atomic mass is 35.5. The third-order valence-electron chi connectivity index (χ3n) is 6.47. The fraction of sp³-hybridized carbons (Fsp3) is 0.286. The van der Waals surface area contributed by atoms with Crippen LogP contribution in [-0.4, -0.2) is 28.9 Å². The van der Waals surface area contributed by atoms with Crippen LogP contribution in [-0.2, 0) is 20.7 Å². The highest BCUT2D eigenvalue weighted by Gasteiger charge is 2.48. The van der Waals surface area contributed by atoms with Crippen LogP contribution in [0, 0.1) is 11.6 Å². The molecule has 0 spiro atoms. The van der Waals surface area contributed by atoms with Gasteiger partial charge >= 0.3 is 0 Å². The molecule has 2 amide bonds. The zero-order valence-electron chi connectivity index (χ0n) is 20.0. The number of primary amides is 1. The fourth-order valence-electron chi connectivity index (χ4n) is 4.71. The minimum absolute atomic E-state index is 0.0561. The second-order valence-electron chi connectivity index (χ2n) is 9.00. The number of nitrogens with two attached hydrogens (primary N) is 1. The Morgan fingerprint density at radius 1 is 1.03 bits per heavy atom. The molecule has 4 atom stereocenters. The topological polar surface area (TPSA) is 72.6 Å². The number of benzene rings is 3. The molecule has 9 heteroatoms. The number of halogens is 4. The quantitative estimate of drug-likeness (QED) is 0.366. The molecule has 0 aromatic heterocycles. The first-order valence-electron chi connectivity index (χ1n) is 11.9. The summed E-state index contributed by atoms with van der Waals surface area (Å²) in [5.41, 5.74) is 7.55. The number of morpholine rings is 1. The number of hydrogen-bond acceptors (Lipinski definition) is 3. The predicted octanol–water partition coefficient (Wildman–Crippen LogP) is 6.18. The van der Waals surface area contributed by atoms with E-state index >= 15 is 0 Å². The van der Waals surface area contributed by atoms with Gasteiger partial charge in [0.15, 0.2) is 0 Å². The number of nitrogens with zero attached hydrogens (tertiary/aromatic N) is 1. The second-order valence-corrected chi connectivity index (χ2v) is 9.84. The average Bonchev–Trinajstić information content (AvgIpc) is 2.87. The largest absolute Gasteiger partial charge is 0.368 e. The van der Waals surface area contributed by atoms with Gasteiger partial charge in [-0.25, -0.2) is 8.78 Å². The number of amides is 2. The number of ether oxygens (including phenoxy) is 1. The summed E-state index contributed by atoms with van der Waals surface area (Å²) >= 11 is 12.1. The van der Waals surface area contributed by atoms with Crippen molar-refractivity contribution in [3.8, 4) is 0 Å². The summed E-state index contributed by atoms with van der Waals surface area (Å²) in [5, 5.41) is 0.432. The van der Waals surface area contributed by atoms with Crippen molar-refractivity contribution in [2.75, 3.05) is 0 Å². The number of rotatable bonds is 8. The molecule has 37 heavy (non-hydrogen) atoms. The van der Waals surface area contributed by atoms with Crippen molar-refractivity contribution in [1.29, 1.82) is 0 Å². The molecule has 1 aliphatic rings. The summed E-state index contributed by atoms with van der Waals surface area (Å²) in [7, 11) is 0. The Hall–Kier alpha value is -3.00. The SMILES string of the molecule is CCCC(C(N)=O)N1C(=O)[C@@H](Cc2ccc(F)cc2)O[C@H](c2ccc(Cl)c(F)c2)[C@@H]1c1ccc(Cl)cc1. The molecular weight excluding hydrogens is 521 g/mol. The molecule has 1 heterocycles. The van der Waals surface area contributed by atoms with E-state index in [-0.39, 0.29) is 11.4 Å². The van der Waals surface area contributed by atoms with E-state index in [2.05, 4.69) is 0 Å². The van der Waals surface area contributed by atoms with E-state index in [1.165, 1.54) is 29.2 Å². The highest BCUT2D eigenvalue weighted by Crippen LogP contribution is 2.44. The zero-order valence-corrected chi connectivity index (χ0v) is 21.6. The van der Waals surface area contributed by atoms with Gasteiger partial charge in [-0.3, -0.25) is 9.59 Å². The molecule has 1 saturated heterocycles. The Morgan fingerprint density at radius 3 is 2.27 bits per heavy atom. The number of hydrogen-bond donors (Lipinski definition) is 1. The molecule has 1 unspecified atom stereocenters. The number of carbonyl (C=O) groups is 2. The van der Waals surface area contributed by atoms with E-state index in [0.29, 0.717) is 34.6 Å². The lowest BCUT2D eigenvalue weighted by Gasteiger charge is -2.47. The maximum Gasteiger partial charge on any atom is 0.253 e. The summed E-state index contributed by atoms with van der Waals surface area (Å²) in [4.78, 5) is 28.1. The van der Waals surface area contributed by atoms with Crippen LogP contribution in [0.5, 0.6) is 0 Å². The van der Waals surface area contributed by atoms with Gasteiger partial charge in [0, 0.05) is 11.4 Å². The number of carbonyl (C=O) groups excluding carboxylic acids is 2. The average molecular weight is 547 g/mol. The smallest absolute Gasteiger partial charge is 0.253 e. The molecule has 4 rings (SSSR count). The lowest BCUT2D eigenvalue weighted by Crippen LogP contribution is -2.58.